The van der Waals surface area contributed by atoms with E-state index in [0.717, 1.165) is 5.56 Å². The zero-order valence-corrected chi connectivity index (χ0v) is 25.6. The van der Waals surface area contributed by atoms with Gasteiger partial charge in [-0.3, -0.25) is 14.4 Å². The maximum absolute atomic E-state index is 13.6. The van der Waals surface area contributed by atoms with E-state index in [4.69, 9.17) is 14.8 Å². The molecule has 1 aliphatic rings. The molecule has 3 heterocycles. The highest BCUT2D eigenvalue weighted by atomic mass is 32.2. The fourth-order valence-corrected chi connectivity index (χ4v) is 5.22. The Balaban J connectivity index is 1.73. The molecule has 14 heteroatoms. The summed E-state index contributed by atoms with van der Waals surface area (Å²) in [5.74, 6) is 0.913. The van der Waals surface area contributed by atoms with E-state index in [1.807, 2.05) is 50.4 Å². The summed E-state index contributed by atoms with van der Waals surface area (Å²) < 4.78 is 8.36. The van der Waals surface area contributed by atoms with Crippen molar-refractivity contribution in [2.75, 3.05) is 32.2 Å². The molecule has 2 aromatic heterocycles. The number of nitrogens with zero attached hydrogens (tertiary/aromatic N) is 7. The number of ether oxygens (including phenoxy) is 1. The van der Waals surface area contributed by atoms with Gasteiger partial charge in [0.2, 0.25) is 17.6 Å². The minimum atomic E-state index is -0.693. The number of aromatic nitrogens is 6. The summed E-state index contributed by atoms with van der Waals surface area (Å²) in [7, 11) is 3.11. The Hall–Kier alpha value is -3.94. The van der Waals surface area contributed by atoms with Crippen LogP contribution in [0.4, 0.5) is 0 Å². The zero-order valence-electron chi connectivity index (χ0n) is 24.7. The summed E-state index contributed by atoms with van der Waals surface area (Å²) >= 11 is 1.61. The second-order valence-corrected chi connectivity index (χ2v) is 11.4. The van der Waals surface area contributed by atoms with Crippen LogP contribution in [-0.4, -0.2) is 90.4 Å². The Morgan fingerprint density at radius 3 is 2.52 bits per heavy atom. The third-order valence-corrected chi connectivity index (χ3v) is 7.68. The molecule has 0 bridgehead atoms. The minimum absolute atomic E-state index is 0.00755. The van der Waals surface area contributed by atoms with Gasteiger partial charge in [-0.15, -0.1) is 5.10 Å². The number of nitrogens with one attached hydrogen (secondary N) is 2. The number of benzene rings is 1. The molecular formula is C28H39N9O4S. The van der Waals surface area contributed by atoms with Crippen LogP contribution in [0.5, 0.6) is 6.01 Å². The van der Waals surface area contributed by atoms with Crippen LogP contribution in [-0.2, 0) is 23.2 Å². The number of fused-ring (bicyclic) bond motifs is 1. The quantitative estimate of drug-likeness (QED) is 0.417. The lowest BCUT2D eigenvalue weighted by atomic mass is 10.0. The Labute approximate surface area is 249 Å². The van der Waals surface area contributed by atoms with E-state index in [1.165, 1.54) is 11.8 Å². The van der Waals surface area contributed by atoms with Gasteiger partial charge in [0, 0.05) is 32.1 Å². The van der Waals surface area contributed by atoms with Gasteiger partial charge in [-0.2, -0.15) is 21.8 Å². The summed E-state index contributed by atoms with van der Waals surface area (Å²) in [6.07, 6.45) is 3.01. The normalized spacial score (nSPS) is 18.7. The Morgan fingerprint density at radius 2 is 1.86 bits per heavy atom. The number of methoxy groups -OCH3 is 1. The first-order valence-electron chi connectivity index (χ1n) is 14.0. The predicted octanol–water partition coefficient (Wildman–Crippen LogP) is 2.07. The lowest BCUT2D eigenvalue weighted by Gasteiger charge is -2.27. The molecule has 0 aliphatic carbocycles. The predicted molar refractivity (Wildman–Crippen MR) is 159 cm³/mol. The van der Waals surface area contributed by atoms with Gasteiger partial charge in [0.15, 0.2) is 11.6 Å². The molecule has 4 rings (SSSR count). The maximum atomic E-state index is 13.6. The average Bonchev–Trinajstić information content (AvgIpc) is 3.58. The first-order valence-corrected chi connectivity index (χ1v) is 15.4. The Kier molecular flexibility index (Phi) is 10.6. The smallest absolute Gasteiger partial charge is 0.314 e. The van der Waals surface area contributed by atoms with Crippen molar-refractivity contribution in [1.82, 2.24) is 45.1 Å². The van der Waals surface area contributed by atoms with Crippen molar-refractivity contribution in [2.45, 2.75) is 51.7 Å². The van der Waals surface area contributed by atoms with Gasteiger partial charge in [0.1, 0.15) is 6.04 Å². The number of carbonyl (C=O) groups excluding carboxylic acids is 3. The number of hydrogen-bond donors (Lipinski definition) is 2. The second-order valence-electron chi connectivity index (χ2n) is 10.5. The topological polar surface area (TPSA) is 149 Å². The molecule has 2 atom stereocenters. The molecule has 0 saturated carbocycles. The second kappa shape index (κ2) is 14.3. The van der Waals surface area contributed by atoms with Crippen LogP contribution in [0.15, 0.2) is 30.3 Å². The lowest BCUT2D eigenvalue weighted by Crippen LogP contribution is -2.49. The van der Waals surface area contributed by atoms with Crippen LogP contribution >= 0.6 is 11.8 Å². The number of thioether (sulfide) groups is 1. The van der Waals surface area contributed by atoms with E-state index < -0.39 is 12.1 Å². The SMILES string of the molecule is COc1nc(C(=O)N2CCCC(=O)N[C@@H](CCSC)C(=O)N[C@H](C(C)C)c3nc(-c4ccccc4)nn3CC2)nn1C. The van der Waals surface area contributed by atoms with Crippen LogP contribution < -0.4 is 15.4 Å². The molecule has 1 aliphatic heterocycles. The number of amides is 3. The first kappa shape index (κ1) is 31.0. The molecule has 2 N–H and O–H groups in total. The van der Waals surface area contributed by atoms with E-state index in [0.29, 0.717) is 36.8 Å². The molecule has 13 nitrogen and oxygen atoms in total. The molecule has 3 amide bonds. The van der Waals surface area contributed by atoms with Crippen molar-refractivity contribution in [2.24, 2.45) is 13.0 Å². The van der Waals surface area contributed by atoms with E-state index in [9.17, 15) is 14.4 Å². The van der Waals surface area contributed by atoms with Gasteiger partial charge in [0.25, 0.3) is 5.91 Å². The molecule has 0 fully saturated rings. The molecule has 226 valence electrons. The lowest BCUT2D eigenvalue weighted by molar-refractivity contribution is -0.129. The summed E-state index contributed by atoms with van der Waals surface area (Å²) in [5, 5.41) is 15.1. The molecule has 1 aromatic carbocycles. The molecule has 42 heavy (non-hydrogen) atoms. The van der Waals surface area contributed by atoms with Gasteiger partial charge >= 0.3 is 6.01 Å². The van der Waals surface area contributed by atoms with Crippen molar-refractivity contribution in [3.05, 3.63) is 42.0 Å². The average molecular weight is 598 g/mol. The van der Waals surface area contributed by atoms with Crippen molar-refractivity contribution in [1.29, 1.82) is 0 Å². The maximum Gasteiger partial charge on any atom is 0.314 e. The zero-order chi connectivity index (χ0) is 30.2. The van der Waals surface area contributed by atoms with Gasteiger partial charge < -0.3 is 20.3 Å². The minimum Gasteiger partial charge on any atom is -0.467 e. The summed E-state index contributed by atoms with van der Waals surface area (Å²) in [4.78, 5) is 50.7. The standard InChI is InChI=1S/C28H39N9O4S/c1-18(2)22-25-31-23(19-10-7-6-8-11-19)34-37(25)16-15-36(27(40)24-32-28(41-4)35(3)33-24)14-9-12-21(38)29-20(13-17-42-5)26(39)30-22/h6-8,10-11,18,20,22H,9,12-17H2,1-5H3,(H,29,38)(H,30,39)/t20-,22+/m0/s1. The van der Waals surface area contributed by atoms with Crippen molar-refractivity contribution >= 4 is 29.5 Å². The number of hydrogen-bond acceptors (Lipinski definition) is 9. The summed E-state index contributed by atoms with van der Waals surface area (Å²) in [5.41, 5.74) is 0.840. The number of aryl methyl sites for hydroxylation is 1. The highest BCUT2D eigenvalue weighted by Gasteiger charge is 2.30. The third-order valence-electron chi connectivity index (χ3n) is 7.04. The van der Waals surface area contributed by atoms with E-state index in [2.05, 4.69) is 20.7 Å². The van der Waals surface area contributed by atoms with Crippen LogP contribution in [0.3, 0.4) is 0 Å². The highest BCUT2D eigenvalue weighted by Crippen LogP contribution is 2.25. The summed E-state index contributed by atoms with van der Waals surface area (Å²) in [6, 6.07) is 8.66. The van der Waals surface area contributed by atoms with Crippen LogP contribution in [0.2, 0.25) is 0 Å². The van der Waals surface area contributed by atoms with Crippen molar-refractivity contribution in [3.63, 3.8) is 0 Å². The van der Waals surface area contributed by atoms with E-state index in [-0.39, 0.29) is 55.0 Å². The monoisotopic (exact) mass is 597 g/mol. The molecule has 3 aromatic rings. The van der Waals surface area contributed by atoms with Gasteiger partial charge in [-0.05, 0) is 30.8 Å². The molecule has 0 spiro atoms. The van der Waals surface area contributed by atoms with Gasteiger partial charge in [-0.1, -0.05) is 44.2 Å². The Bertz CT molecular complexity index is 1370. The fraction of sp³-hybridized carbons (Fsp3) is 0.536. The van der Waals surface area contributed by atoms with Gasteiger partial charge in [0.05, 0.1) is 19.7 Å². The van der Waals surface area contributed by atoms with Crippen LogP contribution in [0, 0.1) is 5.92 Å². The molecular weight excluding hydrogens is 558 g/mol. The van der Waals surface area contributed by atoms with E-state index >= 15 is 0 Å². The fourth-order valence-electron chi connectivity index (χ4n) is 4.75. The van der Waals surface area contributed by atoms with Gasteiger partial charge in [-0.25, -0.2) is 14.3 Å². The molecule has 0 unspecified atom stereocenters. The van der Waals surface area contributed by atoms with Crippen LogP contribution in [0.25, 0.3) is 11.4 Å². The summed E-state index contributed by atoms with van der Waals surface area (Å²) in [6.45, 7) is 4.87. The number of rotatable bonds is 7. The van der Waals surface area contributed by atoms with Crippen molar-refractivity contribution in [3.8, 4) is 17.4 Å². The Morgan fingerprint density at radius 1 is 1.10 bits per heavy atom. The number of carbonyl (C=O) groups is 3. The largest absolute Gasteiger partial charge is 0.467 e. The molecule has 0 saturated heterocycles. The molecule has 0 radical (unpaired) electrons. The highest BCUT2D eigenvalue weighted by molar-refractivity contribution is 7.98. The third kappa shape index (κ3) is 7.46. The van der Waals surface area contributed by atoms with E-state index in [1.54, 1.807) is 28.4 Å². The first-order chi connectivity index (χ1) is 20.2. The van der Waals surface area contributed by atoms with Crippen LogP contribution in [0.1, 0.15) is 55.6 Å². The van der Waals surface area contributed by atoms with Crippen molar-refractivity contribution < 1.29 is 19.1 Å².